The zero-order chi connectivity index (χ0) is 18.7. The van der Waals surface area contributed by atoms with Crippen LogP contribution in [0.15, 0.2) is 84.6 Å². The summed E-state index contributed by atoms with van der Waals surface area (Å²) in [7, 11) is -1.54. The molecule has 0 saturated heterocycles. The maximum absolute atomic E-state index is 14.0. The van der Waals surface area contributed by atoms with Gasteiger partial charge < -0.3 is 9.26 Å². The number of hydrogen-bond donors (Lipinski definition) is 0. The second kappa shape index (κ2) is 7.46. The largest absolute Gasteiger partial charge is 0.497 e. The average molecular weight is 376 g/mol. The van der Waals surface area contributed by atoms with Gasteiger partial charge in [-0.1, -0.05) is 42.5 Å². The van der Waals surface area contributed by atoms with Crippen molar-refractivity contribution in [2.24, 2.45) is 0 Å². The van der Waals surface area contributed by atoms with Crippen molar-refractivity contribution < 1.29 is 13.8 Å². The van der Waals surface area contributed by atoms with Crippen LogP contribution in [-0.4, -0.2) is 7.11 Å². The molecule has 3 aromatic rings. The molecule has 3 aromatic carbocycles. The molecule has 0 saturated carbocycles. The van der Waals surface area contributed by atoms with Crippen molar-refractivity contribution in [2.75, 3.05) is 7.11 Å². The molecule has 4 rings (SSSR count). The molecular weight excluding hydrogens is 355 g/mol. The lowest BCUT2D eigenvalue weighted by molar-refractivity contribution is 0.403. The molecule has 0 N–H and O–H groups in total. The Morgan fingerprint density at radius 2 is 1.44 bits per heavy atom. The summed E-state index contributed by atoms with van der Waals surface area (Å²) in [5.74, 6) is 1.61. The van der Waals surface area contributed by atoms with Crippen molar-refractivity contribution in [3.05, 3.63) is 95.7 Å². The molecule has 0 unspecified atom stereocenters. The molecule has 4 heteroatoms. The van der Waals surface area contributed by atoms with Crippen LogP contribution in [0.5, 0.6) is 5.75 Å². The number of benzene rings is 3. The Hall–Kier alpha value is -2.77. The fourth-order valence-electron chi connectivity index (χ4n) is 3.31. The molecule has 0 bridgehead atoms. The van der Waals surface area contributed by atoms with Gasteiger partial charge in [0.25, 0.3) is 0 Å². The van der Waals surface area contributed by atoms with Gasteiger partial charge in [0, 0.05) is 6.42 Å². The van der Waals surface area contributed by atoms with E-state index in [0.29, 0.717) is 17.0 Å². The molecule has 0 atom stereocenters. The second-order valence-electron chi connectivity index (χ2n) is 6.49. The maximum atomic E-state index is 14.0. The fraction of sp³-hybridized carbons (Fsp3) is 0.130. The summed E-state index contributed by atoms with van der Waals surface area (Å²) in [6.07, 6.45) is 3.54. The Kier molecular flexibility index (Phi) is 4.87. The van der Waals surface area contributed by atoms with E-state index >= 15 is 0 Å². The van der Waals surface area contributed by atoms with Crippen molar-refractivity contribution in [1.82, 2.24) is 0 Å². The predicted octanol–water partition coefficient (Wildman–Crippen LogP) is 4.93. The lowest BCUT2D eigenvalue weighted by atomic mass is 9.96. The quantitative estimate of drug-likeness (QED) is 0.593. The van der Waals surface area contributed by atoms with Gasteiger partial charge in [0.05, 0.1) is 17.7 Å². The summed E-state index contributed by atoms with van der Waals surface area (Å²) in [6.45, 7) is 0. The SMILES string of the molecule is COc1ccc2c(c1)CCC(OP(=O)(c1ccccc1)c1ccccc1)=C2. The number of methoxy groups -OCH3 is 1. The Balaban J connectivity index is 1.73. The molecule has 0 radical (unpaired) electrons. The van der Waals surface area contributed by atoms with Gasteiger partial charge in [-0.2, -0.15) is 0 Å². The van der Waals surface area contributed by atoms with Crippen LogP contribution in [0.4, 0.5) is 0 Å². The Bertz CT molecular complexity index is 967. The Labute approximate surface area is 159 Å². The molecule has 0 aliphatic heterocycles. The minimum atomic E-state index is -3.21. The highest BCUT2D eigenvalue weighted by molar-refractivity contribution is 7.74. The van der Waals surface area contributed by atoms with Crippen LogP contribution in [0.25, 0.3) is 6.08 Å². The van der Waals surface area contributed by atoms with Crippen LogP contribution in [0.1, 0.15) is 17.5 Å². The molecule has 0 amide bonds. The van der Waals surface area contributed by atoms with Crippen LogP contribution < -0.4 is 15.3 Å². The minimum absolute atomic E-state index is 0.706. The van der Waals surface area contributed by atoms with E-state index in [9.17, 15) is 4.57 Å². The number of rotatable bonds is 5. The highest BCUT2D eigenvalue weighted by Crippen LogP contribution is 2.48. The molecular formula is C23H21O3P. The molecule has 3 nitrogen and oxygen atoms in total. The second-order valence-corrected chi connectivity index (χ2v) is 8.81. The van der Waals surface area contributed by atoms with Crippen molar-refractivity contribution in [2.45, 2.75) is 12.8 Å². The zero-order valence-corrected chi connectivity index (χ0v) is 16.1. The van der Waals surface area contributed by atoms with E-state index in [1.54, 1.807) is 7.11 Å². The van der Waals surface area contributed by atoms with Crippen LogP contribution in [0.2, 0.25) is 0 Å². The summed E-state index contributed by atoms with van der Waals surface area (Å²) in [6, 6.07) is 24.9. The highest BCUT2D eigenvalue weighted by atomic mass is 31.2. The number of hydrogen-bond acceptors (Lipinski definition) is 3. The van der Waals surface area contributed by atoms with Gasteiger partial charge in [0.1, 0.15) is 11.5 Å². The van der Waals surface area contributed by atoms with Crippen molar-refractivity contribution in [1.29, 1.82) is 0 Å². The molecule has 0 fully saturated rings. The third-order valence-electron chi connectivity index (χ3n) is 4.75. The third-order valence-corrected chi connectivity index (χ3v) is 7.19. The zero-order valence-electron chi connectivity index (χ0n) is 15.2. The monoisotopic (exact) mass is 376 g/mol. The standard InChI is InChI=1S/C23H21O3P/c1-25-20-14-12-19-17-21(15-13-18(19)16-20)26-27(24,22-8-4-2-5-9-22)23-10-6-3-7-11-23/h2-12,14,16-17H,13,15H2,1H3. The Morgan fingerprint density at radius 1 is 0.815 bits per heavy atom. The lowest BCUT2D eigenvalue weighted by Crippen LogP contribution is -2.18. The topological polar surface area (TPSA) is 35.5 Å². The summed E-state index contributed by atoms with van der Waals surface area (Å²) in [4.78, 5) is 0. The fourth-order valence-corrected chi connectivity index (χ4v) is 5.42. The molecule has 27 heavy (non-hydrogen) atoms. The normalized spacial score (nSPS) is 13.4. The van der Waals surface area contributed by atoms with Crippen molar-refractivity contribution in [3.8, 4) is 5.75 Å². The van der Waals surface area contributed by atoms with Crippen LogP contribution in [0.3, 0.4) is 0 Å². The summed E-state index contributed by atoms with van der Waals surface area (Å²) >= 11 is 0. The van der Waals surface area contributed by atoms with Gasteiger partial charge in [0.2, 0.25) is 0 Å². The van der Waals surface area contributed by atoms with Crippen molar-refractivity contribution in [3.63, 3.8) is 0 Å². The van der Waals surface area contributed by atoms with E-state index in [2.05, 4.69) is 6.07 Å². The van der Waals surface area contributed by atoms with Crippen molar-refractivity contribution >= 4 is 24.1 Å². The number of ether oxygens (including phenoxy) is 1. The first-order chi connectivity index (χ1) is 13.2. The number of fused-ring (bicyclic) bond motifs is 1. The summed E-state index contributed by atoms with van der Waals surface area (Å²) < 4.78 is 25.6. The van der Waals surface area contributed by atoms with Gasteiger partial charge >= 0.3 is 7.37 Å². The average Bonchev–Trinajstić information content (AvgIpc) is 2.74. The first-order valence-electron chi connectivity index (χ1n) is 8.97. The van der Waals surface area contributed by atoms with Gasteiger partial charge in [-0.15, -0.1) is 0 Å². The Morgan fingerprint density at radius 3 is 2.04 bits per heavy atom. The van der Waals surface area contributed by atoms with E-state index in [4.69, 9.17) is 9.26 Å². The number of allylic oxidation sites excluding steroid dienone is 1. The van der Waals surface area contributed by atoms with Crippen LogP contribution >= 0.6 is 7.37 Å². The first kappa shape index (κ1) is 17.6. The molecule has 1 aliphatic carbocycles. The van der Waals surface area contributed by atoms with Crippen LogP contribution in [0, 0.1) is 0 Å². The maximum Gasteiger partial charge on any atom is 0.306 e. The third kappa shape index (κ3) is 3.56. The van der Waals surface area contributed by atoms with Gasteiger partial charge in [0.15, 0.2) is 0 Å². The molecule has 0 heterocycles. The number of aryl methyl sites for hydroxylation is 1. The highest BCUT2D eigenvalue weighted by Gasteiger charge is 2.31. The van der Waals surface area contributed by atoms with E-state index < -0.39 is 7.37 Å². The molecule has 1 aliphatic rings. The minimum Gasteiger partial charge on any atom is -0.497 e. The van der Waals surface area contributed by atoms with Gasteiger partial charge in [-0.3, -0.25) is 4.57 Å². The van der Waals surface area contributed by atoms with E-state index in [1.807, 2.05) is 78.9 Å². The van der Waals surface area contributed by atoms with E-state index in [0.717, 1.165) is 23.5 Å². The van der Waals surface area contributed by atoms with Gasteiger partial charge in [-0.05, 0) is 60.0 Å². The molecule has 0 spiro atoms. The molecule has 0 aromatic heterocycles. The van der Waals surface area contributed by atoms with Gasteiger partial charge in [-0.25, -0.2) is 0 Å². The smallest absolute Gasteiger partial charge is 0.306 e. The predicted molar refractivity (Wildman–Crippen MR) is 110 cm³/mol. The summed E-state index contributed by atoms with van der Waals surface area (Å²) in [5, 5.41) is 1.41. The first-order valence-corrected chi connectivity index (χ1v) is 10.6. The summed E-state index contributed by atoms with van der Waals surface area (Å²) in [5.41, 5.74) is 2.31. The lowest BCUT2D eigenvalue weighted by Gasteiger charge is -2.24. The van der Waals surface area contributed by atoms with E-state index in [-0.39, 0.29) is 0 Å². The van der Waals surface area contributed by atoms with Crippen LogP contribution in [-0.2, 0) is 15.5 Å². The molecule has 136 valence electrons. The van der Waals surface area contributed by atoms with E-state index in [1.165, 1.54) is 5.56 Å².